The van der Waals surface area contributed by atoms with Crippen molar-refractivity contribution in [2.75, 3.05) is 32.7 Å². The molecular formula is C24H29FN4O3. The largest absolute Gasteiger partial charge is 0.322 e. The molecule has 2 saturated heterocycles. The molecule has 8 heteroatoms. The number of carbonyl (C=O) groups excluding carboxylic acids is 3. The molecule has 0 saturated carbocycles. The number of halogens is 1. The summed E-state index contributed by atoms with van der Waals surface area (Å²) >= 11 is 0. The molecule has 2 fully saturated rings. The van der Waals surface area contributed by atoms with Crippen LogP contribution in [0.5, 0.6) is 0 Å². The van der Waals surface area contributed by atoms with Crippen molar-refractivity contribution in [1.82, 2.24) is 20.4 Å². The smallest absolute Gasteiger partial charge is 0.255 e. The molecule has 1 atom stereocenters. The maximum Gasteiger partial charge on any atom is 0.255 e. The average Bonchev–Trinajstić information content (AvgIpc) is 3.13. The van der Waals surface area contributed by atoms with Crippen LogP contribution < -0.4 is 10.6 Å². The lowest BCUT2D eigenvalue weighted by Gasteiger charge is -2.32. The van der Waals surface area contributed by atoms with Gasteiger partial charge in [0.05, 0.1) is 6.54 Å². The molecule has 0 aliphatic carbocycles. The predicted molar refractivity (Wildman–Crippen MR) is 117 cm³/mol. The predicted octanol–water partition coefficient (Wildman–Crippen LogP) is 1.68. The van der Waals surface area contributed by atoms with E-state index in [1.807, 2.05) is 0 Å². The molecule has 4 heterocycles. The van der Waals surface area contributed by atoms with Crippen LogP contribution in [0.4, 0.5) is 4.39 Å². The summed E-state index contributed by atoms with van der Waals surface area (Å²) in [6, 6.07) is 2.66. The molecule has 0 aromatic heterocycles. The Morgan fingerprint density at radius 3 is 2.53 bits per heavy atom. The van der Waals surface area contributed by atoms with Crippen molar-refractivity contribution in [1.29, 1.82) is 0 Å². The molecule has 7 nitrogen and oxygen atoms in total. The maximum absolute atomic E-state index is 15.5. The van der Waals surface area contributed by atoms with E-state index in [4.69, 9.17) is 0 Å². The number of imide groups is 1. The van der Waals surface area contributed by atoms with Crippen LogP contribution in [0, 0.1) is 11.7 Å². The van der Waals surface area contributed by atoms with E-state index in [0.717, 1.165) is 50.6 Å². The van der Waals surface area contributed by atoms with E-state index in [1.54, 1.807) is 12.1 Å². The van der Waals surface area contributed by atoms with Crippen molar-refractivity contribution in [2.45, 2.75) is 44.7 Å². The van der Waals surface area contributed by atoms with Crippen molar-refractivity contribution in [3.05, 3.63) is 40.7 Å². The molecule has 2 N–H and O–H groups in total. The van der Waals surface area contributed by atoms with Crippen LogP contribution >= 0.6 is 0 Å². The third-order valence-electron chi connectivity index (χ3n) is 7.26. The Morgan fingerprint density at radius 2 is 1.81 bits per heavy atom. The Labute approximate surface area is 187 Å². The third kappa shape index (κ3) is 3.97. The minimum atomic E-state index is -0.729. The van der Waals surface area contributed by atoms with Gasteiger partial charge in [0.25, 0.3) is 5.91 Å². The fourth-order valence-corrected chi connectivity index (χ4v) is 5.40. The van der Waals surface area contributed by atoms with Crippen molar-refractivity contribution in [2.24, 2.45) is 5.92 Å². The average molecular weight is 441 g/mol. The SMILES string of the molecule is O=C1CCC(N2Cc3c(ccc(C4=CCN(CC5CCNCC5)CC4)c3F)C2=O)C(=O)N1. The molecule has 170 valence electrons. The van der Waals surface area contributed by atoms with Crippen molar-refractivity contribution in [3.63, 3.8) is 0 Å². The van der Waals surface area contributed by atoms with Gasteiger partial charge in [-0.3, -0.25) is 24.6 Å². The standard InChI is InChI=1S/C24H29FN4O3/c25-22-17(16-7-11-28(12-8-16)13-15-5-9-26-10-6-15)1-2-18-19(22)14-29(24(18)32)20-3-4-21(30)27-23(20)31/h1-2,7,15,20,26H,3-6,8-14H2,(H,27,30,31). The summed E-state index contributed by atoms with van der Waals surface area (Å²) < 4.78 is 15.5. The summed E-state index contributed by atoms with van der Waals surface area (Å²) in [7, 11) is 0. The van der Waals surface area contributed by atoms with Gasteiger partial charge in [0.2, 0.25) is 11.8 Å². The molecule has 5 rings (SSSR count). The molecule has 32 heavy (non-hydrogen) atoms. The molecule has 4 aliphatic heterocycles. The van der Waals surface area contributed by atoms with Crippen molar-refractivity contribution >= 4 is 23.3 Å². The van der Waals surface area contributed by atoms with Gasteiger partial charge in [-0.2, -0.15) is 0 Å². The number of nitrogens with one attached hydrogen (secondary N) is 2. The van der Waals surface area contributed by atoms with Gasteiger partial charge in [-0.15, -0.1) is 0 Å². The normalized spacial score (nSPS) is 25.0. The Balaban J connectivity index is 1.30. The number of piperidine rings is 2. The number of amides is 3. The van der Waals surface area contributed by atoms with Gasteiger partial charge in [0.15, 0.2) is 0 Å². The van der Waals surface area contributed by atoms with Crippen molar-refractivity contribution < 1.29 is 18.8 Å². The fourth-order valence-electron chi connectivity index (χ4n) is 5.40. The lowest BCUT2D eigenvalue weighted by atomic mass is 9.93. The number of fused-ring (bicyclic) bond motifs is 1. The second-order valence-corrected chi connectivity index (χ2v) is 9.29. The van der Waals surface area contributed by atoms with Crippen LogP contribution in [-0.4, -0.2) is 66.3 Å². The molecular weight excluding hydrogens is 411 g/mol. The Morgan fingerprint density at radius 1 is 1.03 bits per heavy atom. The highest BCUT2D eigenvalue weighted by atomic mass is 19.1. The number of hydrogen-bond acceptors (Lipinski definition) is 5. The molecule has 0 spiro atoms. The van der Waals surface area contributed by atoms with E-state index in [0.29, 0.717) is 16.7 Å². The van der Waals surface area contributed by atoms with E-state index < -0.39 is 11.9 Å². The van der Waals surface area contributed by atoms with Crippen molar-refractivity contribution in [3.8, 4) is 0 Å². The monoisotopic (exact) mass is 440 g/mol. The topological polar surface area (TPSA) is 81.8 Å². The minimum absolute atomic E-state index is 0.0647. The summed E-state index contributed by atoms with van der Waals surface area (Å²) in [6.45, 7) is 5.07. The summed E-state index contributed by atoms with van der Waals surface area (Å²) in [5.74, 6) is -0.782. The highest BCUT2D eigenvalue weighted by Gasteiger charge is 2.40. The zero-order valence-electron chi connectivity index (χ0n) is 18.2. The van der Waals surface area contributed by atoms with Gasteiger partial charge in [0, 0.05) is 42.7 Å². The number of benzene rings is 1. The highest BCUT2D eigenvalue weighted by molar-refractivity contribution is 6.05. The first-order valence-corrected chi connectivity index (χ1v) is 11.6. The molecule has 1 aromatic carbocycles. The van der Waals surface area contributed by atoms with E-state index in [-0.39, 0.29) is 37.0 Å². The maximum atomic E-state index is 15.5. The van der Waals surface area contributed by atoms with E-state index in [2.05, 4.69) is 21.6 Å². The summed E-state index contributed by atoms with van der Waals surface area (Å²) in [6.07, 6.45) is 5.78. The van der Waals surface area contributed by atoms with Crippen LogP contribution in [0.25, 0.3) is 5.57 Å². The first-order valence-electron chi connectivity index (χ1n) is 11.6. The van der Waals surface area contributed by atoms with E-state index in [1.165, 1.54) is 17.7 Å². The number of rotatable bonds is 4. The zero-order chi connectivity index (χ0) is 22.2. The van der Waals surface area contributed by atoms with E-state index >= 15 is 4.39 Å². The molecule has 0 bridgehead atoms. The van der Waals surface area contributed by atoms with Crippen LogP contribution in [0.2, 0.25) is 0 Å². The first kappa shape index (κ1) is 21.3. The first-order chi connectivity index (χ1) is 15.5. The molecule has 1 aromatic rings. The molecule has 3 amide bonds. The Hall–Kier alpha value is -2.58. The summed E-state index contributed by atoms with van der Waals surface area (Å²) in [4.78, 5) is 40.4. The zero-order valence-corrected chi connectivity index (χ0v) is 18.2. The number of carbonyl (C=O) groups is 3. The van der Waals surface area contributed by atoms with Gasteiger partial charge in [0.1, 0.15) is 11.9 Å². The number of hydrogen-bond donors (Lipinski definition) is 2. The van der Waals surface area contributed by atoms with Gasteiger partial charge in [-0.1, -0.05) is 12.1 Å². The van der Waals surface area contributed by atoms with Crippen LogP contribution in [0.1, 0.15) is 53.6 Å². The van der Waals surface area contributed by atoms with Crippen LogP contribution in [0.15, 0.2) is 18.2 Å². The fraction of sp³-hybridized carbons (Fsp3) is 0.542. The van der Waals surface area contributed by atoms with Gasteiger partial charge in [-0.25, -0.2) is 4.39 Å². The lowest BCUT2D eigenvalue weighted by Crippen LogP contribution is -2.52. The second kappa shape index (κ2) is 8.75. The molecule has 0 radical (unpaired) electrons. The van der Waals surface area contributed by atoms with Gasteiger partial charge >= 0.3 is 0 Å². The number of nitrogens with zero attached hydrogens (tertiary/aromatic N) is 2. The Kier molecular flexibility index (Phi) is 5.82. The summed E-state index contributed by atoms with van der Waals surface area (Å²) in [5, 5.41) is 5.68. The van der Waals surface area contributed by atoms with Crippen LogP contribution in [-0.2, 0) is 16.1 Å². The Bertz CT molecular complexity index is 986. The van der Waals surface area contributed by atoms with E-state index in [9.17, 15) is 14.4 Å². The van der Waals surface area contributed by atoms with Crippen LogP contribution in [0.3, 0.4) is 0 Å². The molecule has 4 aliphatic rings. The second-order valence-electron chi connectivity index (χ2n) is 9.29. The minimum Gasteiger partial charge on any atom is -0.322 e. The lowest BCUT2D eigenvalue weighted by molar-refractivity contribution is -0.136. The quantitative estimate of drug-likeness (QED) is 0.697. The van der Waals surface area contributed by atoms with Gasteiger partial charge < -0.3 is 10.2 Å². The third-order valence-corrected chi connectivity index (χ3v) is 7.26. The summed E-state index contributed by atoms with van der Waals surface area (Å²) in [5.41, 5.74) is 2.22. The van der Waals surface area contributed by atoms with Gasteiger partial charge in [-0.05, 0) is 56.3 Å². The highest BCUT2D eigenvalue weighted by Crippen LogP contribution is 2.34. The molecule has 1 unspecified atom stereocenters.